The normalized spacial score (nSPS) is 20.6. The van der Waals surface area contributed by atoms with Gasteiger partial charge in [-0.1, -0.05) is 50.6 Å². The van der Waals surface area contributed by atoms with E-state index in [0.717, 1.165) is 5.56 Å². The van der Waals surface area contributed by atoms with Crippen LogP contribution in [0.4, 0.5) is 0 Å². The van der Waals surface area contributed by atoms with Crippen LogP contribution in [0, 0.1) is 5.92 Å². The number of ether oxygens (including phenoxy) is 2. The highest BCUT2D eigenvalue weighted by atomic mass is 32.1. The monoisotopic (exact) mass is 459 g/mol. The van der Waals surface area contributed by atoms with Gasteiger partial charge in [-0.2, -0.15) is 0 Å². The molecule has 2 heterocycles. The number of nitrogens with zero attached hydrogens (tertiary/aromatic N) is 2. The van der Waals surface area contributed by atoms with Crippen LogP contribution in [-0.4, -0.2) is 53.2 Å². The number of amides is 1. The van der Waals surface area contributed by atoms with Crippen molar-refractivity contribution in [3.05, 3.63) is 52.0 Å². The Hall–Kier alpha value is -2.78. The number of benzene rings is 1. The van der Waals surface area contributed by atoms with Gasteiger partial charge in [-0.3, -0.25) is 4.79 Å². The molecule has 1 aromatic heterocycles. The van der Waals surface area contributed by atoms with Crippen LogP contribution in [0.25, 0.3) is 0 Å². The summed E-state index contributed by atoms with van der Waals surface area (Å²) in [7, 11) is 1.30. The van der Waals surface area contributed by atoms with Crippen LogP contribution in [-0.2, 0) is 25.5 Å². The fraction of sp³-hybridized carbons (Fsp3) is 0.478. The summed E-state index contributed by atoms with van der Waals surface area (Å²) in [5, 5.41) is 15.6. The first-order valence-corrected chi connectivity index (χ1v) is 11.5. The van der Waals surface area contributed by atoms with E-state index in [1.807, 2.05) is 44.2 Å². The molecular weight excluding hydrogens is 430 g/mol. The molecule has 9 heteroatoms. The third kappa shape index (κ3) is 5.52. The molecule has 1 aliphatic rings. The smallest absolute Gasteiger partial charge is 0.328 e. The van der Waals surface area contributed by atoms with Gasteiger partial charge in [-0.15, -0.1) is 11.3 Å². The molecule has 2 aromatic rings. The largest absolute Gasteiger partial charge is 0.470 e. The molecule has 1 amide bonds. The highest BCUT2D eigenvalue weighted by molar-refractivity contribution is 7.09. The molecule has 1 aromatic carbocycles. The fourth-order valence-electron chi connectivity index (χ4n) is 3.40. The van der Waals surface area contributed by atoms with Crippen molar-refractivity contribution in [3.8, 4) is 0 Å². The average Bonchev–Trinajstić information content (AvgIpc) is 3.44. The zero-order valence-electron chi connectivity index (χ0n) is 18.6. The second-order valence-electron chi connectivity index (χ2n) is 7.87. The van der Waals surface area contributed by atoms with E-state index in [2.05, 4.69) is 15.3 Å². The van der Waals surface area contributed by atoms with Crippen molar-refractivity contribution in [2.45, 2.75) is 57.9 Å². The van der Waals surface area contributed by atoms with E-state index in [-0.39, 0.29) is 11.8 Å². The molecule has 0 fully saturated rings. The van der Waals surface area contributed by atoms with E-state index in [0.29, 0.717) is 23.5 Å². The van der Waals surface area contributed by atoms with Crippen molar-refractivity contribution in [1.29, 1.82) is 0 Å². The summed E-state index contributed by atoms with van der Waals surface area (Å²) >= 11 is 1.32. The highest BCUT2D eigenvalue weighted by Crippen LogP contribution is 2.25. The lowest BCUT2D eigenvalue weighted by Crippen LogP contribution is -2.50. The van der Waals surface area contributed by atoms with Gasteiger partial charge in [-0.05, 0) is 18.4 Å². The van der Waals surface area contributed by atoms with E-state index < -0.39 is 36.2 Å². The van der Waals surface area contributed by atoms with Gasteiger partial charge in [0.15, 0.2) is 6.04 Å². The minimum atomic E-state index is -0.805. The average molecular weight is 460 g/mol. The Labute approximate surface area is 191 Å². The molecule has 0 saturated heterocycles. The summed E-state index contributed by atoms with van der Waals surface area (Å²) in [6, 6.07) is 8.13. The first-order valence-electron chi connectivity index (χ1n) is 10.6. The first-order chi connectivity index (χ1) is 15.3. The first kappa shape index (κ1) is 23.9. The molecule has 1 aliphatic heterocycles. The Balaban J connectivity index is 1.69. The number of methoxy groups -OCH3 is 1. The molecule has 3 rings (SSSR count). The van der Waals surface area contributed by atoms with Crippen LogP contribution in [0.1, 0.15) is 49.6 Å². The Morgan fingerprint density at radius 1 is 1.31 bits per heavy atom. The Kier molecular flexibility index (Phi) is 7.98. The van der Waals surface area contributed by atoms with Gasteiger partial charge in [0.05, 0.1) is 7.11 Å². The molecule has 0 aliphatic carbocycles. The molecule has 0 saturated carbocycles. The number of carbonyl (C=O) groups excluding carboxylic acids is 2. The zero-order chi connectivity index (χ0) is 23.3. The van der Waals surface area contributed by atoms with Crippen LogP contribution in [0.15, 0.2) is 40.7 Å². The lowest BCUT2D eigenvalue weighted by atomic mass is 9.98. The quantitative estimate of drug-likeness (QED) is 0.558. The van der Waals surface area contributed by atoms with E-state index in [1.165, 1.54) is 18.4 Å². The minimum absolute atomic E-state index is 0.0836. The summed E-state index contributed by atoms with van der Waals surface area (Å²) in [6.45, 7) is 5.56. The van der Waals surface area contributed by atoms with Gasteiger partial charge < -0.3 is 19.9 Å². The standard InChI is InChI=1S/C23H29N3O5S/c1-5-13(2)18(23(29)30-4)25-20(28)19-14(3)31-21(26-19)16-12-32-22(24-16)17(27)11-15-9-7-6-8-10-15/h6-10,12-14,17-19,27H,5,11H2,1-4H3,(H,25,28)/t13-,14+,17-,18-,19+/m1/s1. The number of rotatable bonds is 9. The number of carbonyl (C=O) groups is 2. The highest BCUT2D eigenvalue weighted by Gasteiger charge is 2.37. The van der Waals surface area contributed by atoms with E-state index in [9.17, 15) is 14.7 Å². The van der Waals surface area contributed by atoms with Crippen LogP contribution >= 0.6 is 11.3 Å². The predicted octanol–water partition coefficient (Wildman–Crippen LogP) is 2.66. The number of thiazole rings is 1. The van der Waals surface area contributed by atoms with Crippen LogP contribution in [0.5, 0.6) is 0 Å². The molecule has 0 spiro atoms. The van der Waals surface area contributed by atoms with Gasteiger partial charge in [0, 0.05) is 11.8 Å². The molecule has 0 unspecified atom stereocenters. The molecule has 172 valence electrons. The molecular formula is C23H29N3O5S. The third-order valence-corrected chi connectivity index (χ3v) is 6.48. The van der Waals surface area contributed by atoms with Crippen LogP contribution in [0.3, 0.4) is 0 Å². The van der Waals surface area contributed by atoms with Crippen molar-refractivity contribution >= 4 is 29.1 Å². The lowest BCUT2D eigenvalue weighted by Gasteiger charge is -2.23. The summed E-state index contributed by atoms with van der Waals surface area (Å²) in [4.78, 5) is 33.8. The van der Waals surface area contributed by atoms with Crippen LogP contribution < -0.4 is 5.32 Å². The minimum Gasteiger partial charge on any atom is -0.470 e. The maximum absolute atomic E-state index is 12.8. The van der Waals surface area contributed by atoms with Crippen molar-refractivity contribution in [1.82, 2.24) is 10.3 Å². The van der Waals surface area contributed by atoms with Crippen molar-refractivity contribution in [2.24, 2.45) is 10.9 Å². The molecule has 8 nitrogen and oxygen atoms in total. The SMILES string of the molecule is CC[C@@H](C)[C@@H](NC(=O)[C@H]1N=C(c2csc([C@H](O)Cc3ccccc3)n2)O[C@H]1C)C(=O)OC. The Morgan fingerprint density at radius 2 is 2.03 bits per heavy atom. The Bertz CT molecular complexity index is 962. The third-order valence-electron chi connectivity index (χ3n) is 5.53. The molecule has 5 atom stereocenters. The number of nitrogens with one attached hydrogen (secondary N) is 1. The van der Waals surface area contributed by atoms with E-state index in [1.54, 1.807) is 12.3 Å². The lowest BCUT2D eigenvalue weighted by molar-refractivity contribution is -0.146. The summed E-state index contributed by atoms with van der Waals surface area (Å²) in [5.74, 6) is -0.715. The van der Waals surface area contributed by atoms with E-state index >= 15 is 0 Å². The fourth-order valence-corrected chi connectivity index (χ4v) is 4.18. The summed E-state index contributed by atoms with van der Waals surface area (Å²) < 4.78 is 10.6. The summed E-state index contributed by atoms with van der Waals surface area (Å²) in [5.41, 5.74) is 1.49. The van der Waals surface area contributed by atoms with Gasteiger partial charge in [-0.25, -0.2) is 14.8 Å². The number of hydrogen-bond acceptors (Lipinski definition) is 8. The second kappa shape index (κ2) is 10.7. The Morgan fingerprint density at radius 3 is 2.69 bits per heavy atom. The number of esters is 1. The maximum Gasteiger partial charge on any atom is 0.328 e. The maximum atomic E-state index is 12.8. The number of aliphatic hydroxyl groups excluding tert-OH is 1. The number of aromatic nitrogens is 1. The number of hydrogen-bond donors (Lipinski definition) is 2. The van der Waals surface area contributed by atoms with Gasteiger partial charge in [0.1, 0.15) is 29.0 Å². The van der Waals surface area contributed by atoms with E-state index in [4.69, 9.17) is 9.47 Å². The van der Waals surface area contributed by atoms with Crippen molar-refractivity contribution in [2.75, 3.05) is 7.11 Å². The van der Waals surface area contributed by atoms with Gasteiger partial charge >= 0.3 is 5.97 Å². The van der Waals surface area contributed by atoms with Crippen molar-refractivity contribution in [3.63, 3.8) is 0 Å². The number of aliphatic hydroxyl groups is 1. The molecule has 0 bridgehead atoms. The number of aliphatic imine (C=N–C) groups is 1. The topological polar surface area (TPSA) is 110 Å². The van der Waals surface area contributed by atoms with Crippen molar-refractivity contribution < 1.29 is 24.2 Å². The van der Waals surface area contributed by atoms with Gasteiger partial charge in [0.25, 0.3) is 0 Å². The second-order valence-corrected chi connectivity index (χ2v) is 8.76. The zero-order valence-corrected chi connectivity index (χ0v) is 19.5. The predicted molar refractivity (Wildman–Crippen MR) is 121 cm³/mol. The van der Waals surface area contributed by atoms with Gasteiger partial charge in [0.2, 0.25) is 11.8 Å². The molecule has 2 N–H and O–H groups in total. The molecule has 32 heavy (non-hydrogen) atoms. The molecule has 0 radical (unpaired) electrons. The summed E-state index contributed by atoms with van der Waals surface area (Å²) in [6.07, 6.45) is -0.101. The van der Waals surface area contributed by atoms with Crippen LogP contribution in [0.2, 0.25) is 0 Å².